The standard InChI is InChI=1S/C8H13N5O4S2/c9-19(15,16)8-12-11-7(18-8)10-6(14)5-13-1-3-17-4-2-13/h1-5H2,(H2,9,15,16)(H,10,11,14). The number of nitrogens with one attached hydrogen (secondary N) is 1. The van der Waals surface area contributed by atoms with Gasteiger partial charge in [-0.15, -0.1) is 10.2 Å². The lowest BCUT2D eigenvalue weighted by Crippen LogP contribution is -2.41. The largest absolute Gasteiger partial charge is 0.379 e. The minimum Gasteiger partial charge on any atom is -0.379 e. The van der Waals surface area contributed by atoms with Crippen LogP contribution in [0.1, 0.15) is 0 Å². The molecule has 9 nitrogen and oxygen atoms in total. The predicted octanol–water partition coefficient (Wildman–Crippen LogP) is -1.54. The van der Waals surface area contributed by atoms with Gasteiger partial charge in [0.05, 0.1) is 19.8 Å². The van der Waals surface area contributed by atoms with Crippen LogP contribution >= 0.6 is 11.3 Å². The van der Waals surface area contributed by atoms with Gasteiger partial charge in [0.2, 0.25) is 15.4 Å². The highest BCUT2D eigenvalue weighted by Crippen LogP contribution is 2.18. The predicted molar refractivity (Wildman–Crippen MR) is 67.2 cm³/mol. The highest BCUT2D eigenvalue weighted by atomic mass is 32.2. The van der Waals surface area contributed by atoms with Crippen molar-refractivity contribution in [2.75, 3.05) is 38.2 Å². The van der Waals surface area contributed by atoms with Crippen molar-refractivity contribution in [3.05, 3.63) is 0 Å². The van der Waals surface area contributed by atoms with Crippen molar-refractivity contribution in [3.8, 4) is 0 Å². The van der Waals surface area contributed by atoms with Crippen molar-refractivity contribution in [2.45, 2.75) is 4.34 Å². The molecule has 0 aromatic carbocycles. The fourth-order valence-corrected chi connectivity index (χ4v) is 2.85. The number of sulfonamides is 1. The fraction of sp³-hybridized carbons (Fsp3) is 0.625. The molecule has 0 atom stereocenters. The number of hydrogen-bond acceptors (Lipinski definition) is 8. The smallest absolute Gasteiger partial charge is 0.267 e. The second-order valence-electron chi connectivity index (χ2n) is 3.85. The highest BCUT2D eigenvalue weighted by molar-refractivity contribution is 7.91. The first-order valence-electron chi connectivity index (χ1n) is 5.41. The molecule has 0 aliphatic carbocycles. The third kappa shape index (κ3) is 4.18. The molecule has 1 aliphatic heterocycles. The quantitative estimate of drug-likeness (QED) is 0.645. The lowest BCUT2D eigenvalue weighted by Gasteiger charge is -2.25. The van der Waals surface area contributed by atoms with Gasteiger partial charge < -0.3 is 4.74 Å². The van der Waals surface area contributed by atoms with Gasteiger partial charge in [-0.1, -0.05) is 11.3 Å². The number of nitrogens with zero attached hydrogens (tertiary/aromatic N) is 3. The molecule has 0 spiro atoms. The molecule has 2 rings (SSSR count). The van der Waals surface area contributed by atoms with E-state index in [1.165, 1.54) is 0 Å². The average molecular weight is 307 g/mol. The van der Waals surface area contributed by atoms with E-state index in [1.807, 2.05) is 4.90 Å². The zero-order valence-electron chi connectivity index (χ0n) is 9.90. The van der Waals surface area contributed by atoms with Crippen LogP contribution in [-0.2, 0) is 19.6 Å². The molecular weight excluding hydrogens is 294 g/mol. The van der Waals surface area contributed by atoms with Crippen LogP contribution in [0.15, 0.2) is 4.34 Å². The molecule has 1 fully saturated rings. The van der Waals surface area contributed by atoms with Crippen molar-refractivity contribution >= 4 is 32.4 Å². The maximum atomic E-state index is 11.7. The summed E-state index contributed by atoms with van der Waals surface area (Å²) in [4.78, 5) is 13.6. The maximum absolute atomic E-state index is 11.7. The van der Waals surface area contributed by atoms with Crippen LogP contribution in [0.3, 0.4) is 0 Å². The third-order valence-electron chi connectivity index (χ3n) is 2.37. The van der Waals surface area contributed by atoms with Crippen LogP contribution in [0, 0.1) is 0 Å². The van der Waals surface area contributed by atoms with E-state index in [4.69, 9.17) is 9.88 Å². The van der Waals surface area contributed by atoms with Gasteiger partial charge in [0.15, 0.2) is 0 Å². The van der Waals surface area contributed by atoms with Gasteiger partial charge in [-0.25, -0.2) is 13.6 Å². The molecule has 0 bridgehead atoms. The Hall–Kier alpha value is -1.14. The Labute approximate surface area is 113 Å². The topological polar surface area (TPSA) is 128 Å². The van der Waals surface area contributed by atoms with Gasteiger partial charge >= 0.3 is 0 Å². The molecule has 1 aromatic heterocycles. The van der Waals surface area contributed by atoms with Gasteiger partial charge in [0.1, 0.15) is 0 Å². The number of morpholine rings is 1. The summed E-state index contributed by atoms with van der Waals surface area (Å²) in [7, 11) is -3.88. The average Bonchev–Trinajstić information content (AvgIpc) is 2.78. The molecule has 1 amide bonds. The summed E-state index contributed by atoms with van der Waals surface area (Å²) in [6.07, 6.45) is 0. The molecular formula is C8H13N5O4S2. The zero-order chi connectivity index (χ0) is 13.9. The summed E-state index contributed by atoms with van der Waals surface area (Å²) in [5.74, 6) is -0.279. The fourth-order valence-electron chi connectivity index (χ4n) is 1.50. The van der Waals surface area contributed by atoms with E-state index in [2.05, 4.69) is 15.5 Å². The maximum Gasteiger partial charge on any atom is 0.267 e. The molecule has 106 valence electrons. The van der Waals surface area contributed by atoms with Crippen LogP contribution < -0.4 is 10.5 Å². The van der Waals surface area contributed by atoms with Crippen LogP contribution in [0.5, 0.6) is 0 Å². The molecule has 3 N–H and O–H groups in total. The van der Waals surface area contributed by atoms with Crippen LogP contribution in [0.4, 0.5) is 5.13 Å². The Morgan fingerprint density at radius 3 is 2.68 bits per heavy atom. The van der Waals surface area contributed by atoms with Crippen molar-refractivity contribution in [2.24, 2.45) is 5.14 Å². The second kappa shape index (κ2) is 5.88. The first kappa shape index (κ1) is 14.3. The molecule has 0 unspecified atom stereocenters. The van der Waals surface area contributed by atoms with Gasteiger partial charge in [0.25, 0.3) is 10.0 Å². The first-order valence-corrected chi connectivity index (χ1v) is 7.78. The molecule has 0 saturated carbocycles. The Morgan fingerprint density at radius 1 is 1.42 bits per heavy atom. The lowest BCUT2D eigenvalue weighted by molar-refractivity contribution is -0.118. The number of amides is 1. The number of ether oxygens (including phenoxy) is 1. The van der Waals surface area contributed by atoms with Crippen LogP contribution in [-0.4, -0.2) is 62.3 Å². The van der Waals surface area contributed by atoms with E-state index in [0.29, 0.717) is 26.3 Å². The summed E-state index contributed by atoms with van der Waals surface area (Å²) in [5, 5.41) is 14.4. The van der Waals surface area contributed by atoms with E-state index in [1.54, 1.807) is 0 Å². The molecule has 1 aromatic rings. The molecule has 11 heteroatoms. The Kier molecular flexibility index (Phi) is 4.42. The molecule has 1 saturated heterocycles. The van der Waals surface area contributed by atoms with Crippen molar-refractivity contribution in [3.63, 3.8) is 0 Å². The van der Waals surface area contributed by atoms with Crippen molar-refractivity contribution < 1.29 is 17.9 Å². The van der Waals surface area contributed by atoms with Gasteiger partial charge in [0, 0.05) is 13.1 Å². The molecule has 0 radical (unpaired) electrons. The number of hydrogen-bond donors (Lipinski definition) is 2. The molecule has 2 heterocycles. The number of carbonyl (C=O) groups is 1. The summed E-state index contributed by atoms with van der Waals surface area (Å²) in [5.41, 5.74) is 0. The number of carbonyl (C=O) groups excluding carboxylic acids is 1. The van der Waals surface area contributed by atoms with Crippen LogP contribution in [0.2, 0.25) is 0 Å². The second-order valence-corrected chi connectivity index (χ2v) is 6.57. The van der Waals surface area contributed by atoms with Gasteiger partial charge in [-0.3, -0.25) is 15.0 Å². The van der Waals surface area contributed by atoms with Gasteiger partial charge in [-0.2, -0.15) is 0 Å². The van der Waals surface area contributed by atoms with E-state index in [-0.39, 0.29) is 21.9 Å². The number of nitrogens with two attached hydrogens (primary N) is 1. The third-order valence-corrected chi connectivity index (χ3v) is 4.52. The summed E-state index contributed by atoms with van der Waals surface area (Å²) in [6.45, 7) is 2.77. The van der Waals surface area contributed by atoms with Crippen LogP contribution in [0.25, 0.3) is 0 Å². The number of aromatic nitrogens is 2. The Morgan fingerprint density at radius 2 is 2.11 bits per heavy atom. The lowest BCUT2D eigenvalue weighted by atomic mass is 10.4. The van der Waals surface area contributed by atoms with Crippen molar-refractivity contribution in [1.82, 2.24) is 15.1 Å². The van der Waals surface area contributed by atoms with E-state index < -0.39 is 10.0 Å². The summed E-state index contributed by atoms with van der Waals surface area (Å²) in [6, 6.07) is 0. The Bertz CT molecular complexity index is 551. The van der Waals surface area contributed by atoms with E-state index >= 15 is 0 Å². The summed E-state index contributed by atoms with van der Waals surface area (Å²) >= 11 is 0.720. The zero-order valence-corrected chi connectivity index (χ0v) is 11.5. The SMILES string of the molecule is NS(=O)(=O)c1nnc(NC(=O)CN2CCOCC2)s1. The summed E-state index contributed by atoms with van der Waals surface area (Å²) < 4.78 is 26.8. The highest BCUT2D eigenvalue weighted by Gasteiger charge is 2.18. The minimum atomic E-state index is -3.88. The first-order chi connectivity index (χ1) is 8.95. The number of anilines is 1. The molecule has 1 aliphatic rings. The Balaban J connectivity index is 1.90. The number of rotatable bonds is 4. The normalized spacial score (nSPS) is 17.3. The van der Waals surface area contributed by atoms with Gasteiger partial charge in [-0.05, 0) is 0 Å². The van der Waals surface area contributed by atoms with E-state index in [0.717, 1.165) is 11.3 Å². The van der Waals surface area contributed by atoms with E-state index in [9.17, 15) is 13.2 Å². The minimum absolute atomic E-state index is 0.113. The monoisotopic (exact) mass is 307 g/mol. The van der Waals surface area contributed by atoms with Crippen molar-refractivity contribution in [1.29, 1.82) is 0 Å². The number of primary sulfonamides is 1. The molecule has 19 heavy (non-hydrogen) atoms.